The Morgan fingerprint density at radius 3 is 2.60 bits per heavy atom. The maximum absolute atomic E-state index is 12.7. The zero-order valence-corrected chi connectivity index (χ0v) is 15.8. The molecule has 0 atom stereocenters. The first kappa shape index (κ1) is 18.2. The van der Waals surface area contributed by atoms with Crippen LogP contribution in [0, 0.1) is 0 Å². The maximum atomic E-state index is 12.7. The quantitative estimate of drug-likeness (QED) is 0.593. The fraction of sp³-hybridized carbons (Fsp3) is 0.389. The second kappa shape index (κ2) is 8.65. The van der Waals surface area contributed by atoms with E-state index >= 15 is 0 Å². The highest BCUT2D eigenvalue weighted by molar-refractivity contribution is 7.98. The van der Waals surface area contributed by atoms with E-state index in [1.165, 1.54) is 23.5 Å². The van der Waals surface area contributed by atoms with Crippen molar-refractivity contribution in [3.63, 3.8) is 0 Å². The fourth-order valence-electron chi connectivity index (χ4n) is 2.86. The summed E-state index contributed by atoms with van der Waals surface area (Å²) < 4.78 is 0. The molecule has 1 amide bonds. The van der Waals surface area contributed by atoms with Crippen LogP contribution in [0.25, 0.3) is 0 Å². The van der Waals surface area contributed by atoms with Gasteiger partial charge in [0, 0.05) is 32.7 Å². The van der Waals surface area contributed by atoms with E-state index in [-0.39, 0.29) is 5.91 Å². The van der Waals surface area contributed by atoms with Crippen molar-refractivity contribution in [2.75, 3.05) is 39.0 Å². The first-order valence-corrected chi connectivity index (χ1v) is 9.89. The van der Waals surface area contributed by atoms with E-state index in [1.807, 2.05) is 17.2 Å². The topological polar surface area (TPSA) is 49.3 Å². The highest BCUT2D eigenvalue weighted by Crippen LogP contribution is 2.19. The lowest BCUT2D eigenvalue weighted by molar-refractivity contribution is 0.0632. The molecule has 1 fully saturated rings. The minimum Gasteiger partial charge on any atom is -0.335 e. The summed E-state index contributed by atoms with van der Waals surface area (Å²) in [6.07, 6.45) is 4.41. The van der Waals surface area contributed by atoms with E-state index in [1.54, 1.807) is 0 Å². The number of halogens is 1. The van der Waals surface area contributed by atoms with E-state index in [0.29, 0.717) is 29.0 Å². The van der Waals surface area contributed by atoms with Gasteiger partial charge in [-0.1, -0.05) is 53.7 Å². The standard InChI is InChI=1S/C18H21ClN4OS/c1-25-18-20-13-15(19)16(21-18)17(24)23-11-9-22(10-12-23)8-7-14-5-3-2-4-6-14/h2-6,13H,7-12H2,1H3. The number of piperazine rings is 1. The second-order valence-electron chi connectivity index (χ2n) is 5.92. The molecule has 0 bridgehead atoms. The zero-order chi connectivity index (χ0) is 17.6. The molecule has 1 aromatic heterocycles. The van der Waals surface area contributed by atoms with E-state index < -0.39 is 0 Å². The predicted molar refractivity (Wildman–Crippen MR) is 101 cm³/mol. The van der Waals surface area contributed by atoms with E-state index in [2.05, 4.69) is 39.1 Å². The number of carbonyl (C=O) groups is 1. The van der Waals surface area contributed by atoms with Gasteiger partial charge in [0.05, 0.1) is 11.2 Å². The van der Waals surface area contributed by atoms with Crippen LogP contribution in [0.3, 0.4) is 0 Å². The molecular weight excluding hydrogens is 356 g/mol. The van der Waals surface area contributed by atoms with Crippen LogP contribution in [0.15, 0.2) is 41.7 Å². The van der Waals surface area contributed by atoms with Crippen LogP contribution in [0.4, 0.5) is 0 Å². The van der Waals surface area contributed by atoms with Gasteiger partial charge in [-0.05, 0) is 18.2 Å². The molecule has 0 spiro atoms. The zero-order valence-electron chi connectivity index (χ0n) is 14.2. The third-order valence-electron chi connectivity index (χ3n) is 4.33. The van der Waals surface area contributed by atoms with Crippen molar-refractivity contribution >= 4 is 29.3 Å². The first-order valence-electron chi connectivity index (χ1n) is 8.29. The molecule has 7 heteroatoms. The molecule has 132 valence electrons. The Balaban J connectivity index is 1.54. The monoisotopic (exact) mass is 376 g/mol. The third-order valence-corrected chi connectivity index (χ3v) is 5.16. The lowest BCUT2D eigenvalue weighted by Gasteiger charge is -2.34. The van der Waals surface area contributed by atoms with Gasteiger partial charge in [-0.25, -0.2) is 9.97 Å². The molecule has 1 saturated heterocycles. The second-order valence-corrected chi connectivity index (χ2v) is 7.10. The number of amides is 1. The Morgan fingerprint density at radius 1 is 1.20 bits per heavy atom. The molecule has 0 aliphatic carbocycles. The normalized spacial score (nSPS) is 15.4. The van der Waals surface area contributed by atoms with Crippen LogP contribution in [-0.4, -0.2) is 64.7 Å². The lowest BCUT2D eigenvalue weighted by Crippen LogP contribution is -2.49. The molecule has 0 saturated carbocycles. The number of nitrogens with zero attached hydrogens (tertiary/aromatic N) is 4. The Kier molecular flexibility index (Phi) is 6.29. The van der Waals surface area contributed by atoms with Crippen molar-refractivity contribution in [1.82, 2.24) is 19.8 Å². The average Bonchev–Trinajstić information content (AvgIpc) is 2.67. The number of hydrogen-bond donors (Lipinski definition) is 0. The Labute approximate surface area is 157 Å². The van der Waals surface area contributed by atoms with Gasteiger partial charge in [0.1, 0.15) is 0 Å². The third kappa shape index (κ3) is 4.71. The van der Waals surface area contributed by atoms with Crippen LogP contribution in [0.5, 0.6) is 0 Å². The van der Waals surface area contributed by atoms with Crippen LogP contribution < -0.4 is 0 Å². The lowest BCUT2D eigenvalue weighted by atomic mass is 10.1. The maximum Gasteiger partial charge on any atom is 0.274 e. The summed E-state index contributed by atoms with van der Waals surface area (Å²) >= 11 is 7.52. The van der Waals surface area contributed by atoms with Gasteiger partial charge in [0.2, 0.25) is 0 Å². The van der Waals surface area contributed by atoms with Crippen molar-refractivity contribution < 1.29 is 4.79 Å². The van der Waals surface area contributed by atoms with Crippen LogP contribution >= 0.6 is 23.4 Å². The molecule has 2 aromatic rings. The highest BCUT2D eigenvalue weighted by Gasteiger charge is 2.25. The summed E-state index contributed by atoms with van der Waals surface area (Å²) in [4.78, 5) is 25.3. The van der Waals surface area contributed by atoms with Crippen molar-refractivity contribution in [3.05, 3.63) is 52.8 Å². The molecular formula is C18H21ClN4OS. The van der Waals surface area contributed by atoms with Gasteiger partial charge >= 0.3 is 0 Å². The fourth-order valence-corrected chi connectivity index (χ4v) is 3.37. The number of benzene rings is 1. The van der Waals surface area contributed by atoms with Gasteiger partial charge in [0.15, 0.2) is 10.9 Å². The number of carbonyl (C=O) groups excluding carboxylic acids is 1. The van der Waals surface area contributed by atoms with Gasteiger partial charge in [-0.3, -0.25) is 9.69 Å². The van der Waals surface area contributed by atoms with Crippen molar-refractivity contribution in [2.45, 2.75) is 11.6 Å². The van der Waals surface area contributed by atoms with E-state index in [0.717, 1.165) is 26.1 Å². The summed E-state index contributed by atoms with van der Waals surface area (Å²) in [7, 11) is 0. The molecule has 5 nitrogen and oxygen atoms in total. The number of aromatic nitrogens is 2. The molecule has 0 N–H and O–H groups in total. The highest BCUT2D eigenvalue weighted by atomic mass is 35.5. The van der Waals surface area contributed by atoms with Gasteiger partial charge in [-0.2, -0.15) is 0 Å². The Bertz CT molecular complexity index is 720. The molecule has 0 radical (unpaired) electrons. The molecule has 1 aliphatic heterocycles. The molecule has 0 unspecified atom stereocenters. The predicted octanol–water partition coefficient (Wildman–Crippen LogP) is 2.85. The minimum atomic E-state index is -0.106. The van der Waals surface area contributed by atoms with Crippen molar-refractivity contribution in [3.8, 4) is 0 Å². The summed E-state index contributed by atoms with van der Waals surface area (Å²) in [5.41, 5.74) is 1.65. The Hall–Kier alpha value is -1.63. The van der Waals surface area contributed by atoms with Crippen LogP contribution in [-0.2, 0) is 6.42 Å². The SMILES string of the molecule is CSc1ncc(Cl)c(C(=O)N2CCN(CCc3ccccc3)CC2)n1. The summed E-state index contributed by atoms with van der Waals surface area (Å²) in [6, 6.07) is 10.5. The summed E-state index contributed by atoms with van der Waals surface area (Å²) in [5, 5.41) is 0.878. The van der Waals surface area contributed by atoms with Crippen molar-refractivity contribution in [2.24, 2.45) is 0 Å². The summed E-state index contributed by atoms with van der Waals surface area (Å²) in [5.74, 6) is -0.106. The largest absolute Gasteiger partial charge is 0.335 e. The smallest absolute Gasteiger partial charge is 0.274 e. The van der Waals surface area contributed by atoms with E-state index in [9.17, 15) is 4.79 Å². The van der Waals surface area contributed by atoms with Crippen LogP contribution in [0.1, 0.15) is 16.1 Å². The number of thioether (sulfide) groups is 1. The van der Waals surface area contributed by atoms with Crippen LogP contribution in [0.2, 0.25) is 5.02 Å². The molecule has 3 rings (SSSR count). The van der Waals surface area contributed by atoms with Gasteiger partial charge in [-0.15, -0.1) is 0 Å². The number of rotatable bonds is 5. The van der Waals surface area contributed by atoms with Gasteiger partial charge < -0.3 is 4.90 Å². The molecule has 2 heterocycles. The molecule has 1 aromatic carbocycles. The number of hydrogen-bond acceptors (Lipinski definition) is 5. The van der Waals surface area contributed by atoms with Gasteiger partial charge in [0.25, 0.3) is 5.91 Å². The molecule has 25 heavy (non-hydrogen) atoms. The average molecular weight is 377 g/mol. The van der Waals surface area contributed by atoms with E-state index in [4.69, 9.17) is 11.6 Å². The summed E-state index contributed by atoms with van der Waals surface area (Å²) in [6.45, 7) is 4.15. The molecule has 1 aliphatic rings. The van der Waals surface area contributed by atoms with Crippen molar-refractivity contribution in [1.29, 1.82) is 0 Å². The Morgan fingerprint density at radius 2 is 1.92 bits per heavy atom. The minimum absolute atomic E-state index is 0.106. The first-order chi connectivity index (χ1) is 12.2.